The summed E-state index contributed by atoms with van der Waals surface area (Å²) in [5, 5.41) is 2.74. The zero-order chi connectivity index (χ0) is 18.0. The second kappa shape index (κ2) is 6.63. The van der Waals surface area contributed by atoms with E-state index in [-0.39, 0.29) is 5.41 Å². The molecule has 1 N–H and O–H groups in total. The molecular weight excluding hydrogens is 300 g/mol. The van der Waals surface area contributed by atoms with Crippen molar-refractivity contribution in [2.24, 2.45) is 0 Å². The number of anilines is 1. The van der Waals surface area contributed by atoms with Crippen LogP contribution in [0.1, 0.15) is 47.1 Å². The molecule has 0 aliphatic rings. The number of amides is 1. The van der Waals surface area contributed by atoms with Crippen molar-refractivity contribution >= 4 is 11.8 Å². The van der Waals surface area contributed by atoms with Gasteiger partial charge in [0.25, 0.3) is 0 Å². The van der Waals surface area contributed by atoms with E-state index in [2.05, 4.69) is 55.3 Å². The summed E-state index contributed by atoms with van der Waals surface area (Å²) in [5.41, 5.74) is 3.35. The summed E-state index contributed by atoms with van der Waals surface area (Å²) in [7, 11) is 0. The lowest BCUT2D eigenvalue weighted by atomic mass is 9.86. The standard InChI is InChI=1S/C20H26N2O2/c1-19(2,3)15-9-7-14(8-10-15)17-13-16(11-12-21-17)22-18(23)24-20(4,5)6/h7-13H,1-6H3,(H,21,22,23). The lowest BCUT2D eigenvalue weighted by Crippen LogP contribution is -2.27. The number of carbonyl (C=O) groups excluding carboxylic acids is 1. The Hall–Kier alpha value is -2.36. The monoisotopic (exact) mass is 326 g/mol. The van der Waals surface area contributed by atoms with Crippen molar-refractivity contribution in [3.8, 4) is 11.3 Å². The molecule has 2 aromatic rings. The number of nitrogens with zero attached hydrogens (tertiary/aromatic N) is 1. The third kappa shape index (κ3) is 5.08. The highest BCUT2D eigenvalue weighted by atomic mass is 16.6. The van der Waals surface area contributed by atoms with Gasteiger partial charge in [0.15, 0.2) is 0 Å². The van der Waals surface area contributed by atoms with Gasteiger partial charge >= 0.3 is 6.09 Å². The van der Waals surface area contributed by atoms with Crippen molar-refractivity contribution < 1.29 is 9.53 Å². The number of nitrogens with one attached hydrogen (secondary N) is 1. The van der Waals surface area contributed by atoms with Crippen molar-refractivity contribution in [1.82, 2.24) is 4.98 Å². The molecule has 4 heteroatoms. The number of carbonyl (C=O) groups is 1. The molecule has 0 aliphatic heterocycles. The summed E-state index contributed by atoms with van der Waals surface area (Å²) in [6, 6.07) is 11.9. The average molecular weight is 326 g/mol. The van der Waals surface area contributed by atoms with Crippen LogP contribution in [-0.2, 0) is 10.2 Å². The topological polar surface area (TPSA) is 51.2 Å². The first-order chi connectivity index (χ1) is 11.0. The van der Waals surface area contributed by atoms with Crippen molar-refractivity contribution in [2.75, 3.05) is 5.32 Å². The molecule has 0 fully saturated rings. The molecule has 24 heavy (non-hydrogen) atoms. The maximum atomic E-state index is 11.9. The summed E-state index contributed by atoms with van der Waals surface area (Å²) in [4.78, 5) is 16.3. The first-order valence-electron chi connectivity index (χ1n) is 8.11. The molecule has 0 radical (unpaired) electrons. The number of pyridine rings is 1. The maximum absolute atomic E-state index is 11.9. The van der Waals surface area contributed by atoms with Gasteiger partial charge in [-0.25, -0.2) is 4.79 Å². The molecule has 1 aromatic carbocycles. The van der Waals surface area contributed by atoms with Crippen molar-refractivity contribution in [3.63, 3.8) is 0 Å². The molecule has 1 aromatic heterocycles. The molecule has 0 aliphatic carbocycles. The van der Waals surface area contributed by atoms with E-state index in [9.17, 15) is 4.79 Å². The predicted octanol–water partition coefficient (Wildman–Crippen LogP) is 5.39. The fourth-order valence-electron chi connectivity index (χ4n) is 2.23. The molecule has 128 valence electrons. The van der Waals surface area contributed by atoms with Gasteiger partial charge in [0.05, 0.1) is 5.69 Å². The van der Waals surface area contributed by atoms with E-state index in [0.717, 1.165) is 11.3 Å². The van der Waals surface area contributed by atoms with Crippen LogP contribution in [0.5, 0.6) is 0 Å². The molecule has 0 saturated heterocycles. The van der Waals surface area contributed by atoms with Gasteiger partial charge in [0, 0.05) is 17.4 Å². The van der Waals surface area contributed by atoms with E-state index in [1.807, 2.05) is 26.8 Å². The van der Waals surface area contributed by atoms with E-state index in [0.29, 0.717) is 5.69 Å². The first kappa shape index (κ1) is 18.0. The van der Waals surface area contributed by atoms with Gasteiger partial charge in [-0.15, -0.1) is 0 Å². The fraction of sp³-hybridized carbons (Fsp3) is 0.400. The molecule has 0 atom stereocenters. The SMILES string of the molecule is CC(C)(C)OC(=O)Nc1ccnc(-c2ccc(C(C)(C)C)cc2)c1. The minimum atomic E-state index is -0.525. The summed E-state index contributed by atoms with van der Waals surface area (Å²) in [5.74, 6) is 0. The molecule has 1 amide bonds. The van der Waals surface area contributed by atoms with Crippen molar-refractivity contribution in [1.29, 1.82) is 0 Å². The Balaban J connectivity index is 2.17. The maximum Gasteiger partial charge on any atom is 0.412 e. The number of hydrogen-bond donors (Lipinski definition) is 1. The first-order valence-corrected chi connectivity index (χ1v) is 8.11. The lowest BCUT2D eigenvalue weighted by molar-refractivity contribution is 0.0636. The summed E-state index contributed by atoms with van der Waals surface area (Å²) >= 11 is 0. The number of benzene rings is 1. The highest BCUT2D eigenvalue weighted by molar-refractivity contribution is 5.85. The van der Waals surface area contributed by atoms with Crippen LogP contribution in [0.25, 0.3) is 11.3 Å². The Labute approximate surface area is 144 Å². The van der Waals surface area contributed by atoms with Crippen LogP contribution in [0.2, 0.25) is 0 Å². The molecule has 2 rings (SSSR count). The summed E-state index contributed by atoms with van der Waals surface area (Å²) < 4.78 is 5.27. The third-order valence-corrected chi connectivity index (χ3v) is 3.45. The Bertz CT molecular complexity index is 708. The van der Waals surface area contributed by atoms with E-state index in [1.54, 1.807) is 12.3 Å². The van der Waals surface area contributed by atoms with Crippen LogP contribution in [0, 0.1) is 0 Å². The lowest BCUT2D eigenvalue weighted by Gasteiger charge is -2.20. The van der Waals surface area contributed by atoms with E-state index in [4.69, 9.17) is 4.74 Å². The second-order valence-electron chi connectivity index (χ2n) is 7.88. The fourth-order valence-corrected chi connectivity index (χ4v) is 2.23. The summed E-state index contributed by atoms with van der Waals surface area (Å²) in [6.45, 7) is 12.1. The van der Waals surface area contributed by atoms with Crippen LogP contribution in [0.4, 0.5) is 10.5 Å². The molecular formula is C20H26N2O2. The van der Waals surface area contributed by atoms with Crippen molar-refractivity contribution in [2.45, 2.75) is 52.6 Å². The largest absolute Gasteiger partial charge is 0.444 e. The molecule has 0 spiro atoms. The Morgan fingerprint density at radius 2 is 1.62 bits per heavy atom. The second-order valence-corrected chi connectivity index (χ2v) is 7.88. The normalized spacial score (nSPS) is 11.9. The summed E-state index contributed by atoms with van der Waals surface area (Å²) in [6.07, 6.45) is 1.21. The van der Waals surface area contributed by atoms with Crippen LogP contribution in [0.15, 0.2) is 42.6 Å². The number of hydrogen-bond acceptors (Lipinski definition) is 3. The van der Waals surface area contributed by atoms with Gasteiger partial charge < -0.3 is 4.74 Å². The van der Waals surface area contributed by atoms with E-state index >= 15 is 0 Å². The highest BCUT2D eigenvalue weighted by Gasteiger charge is 2.17. The Morgan fingerprint density at radius 1 is 1.00 bits per heavy atom. The van der Waals surface area contributed by atoms with Crippen molar-refractivity contribution in [3.05, 3.63) is 48.2 Å². The smallest absolute Gasteiger partial charge is 0.412 e. The van der Waals surface area contributed by atoms with E-state index in [1.165, 1.54) is 5.56 Å². The van der Waals surface area contributed by atoms with Crippen LogP contribution < -0.4 is 5.32 Å². The van der Waals surface area contributed by atoms with Gasteiger partial charge in [-0.05, 0) is 43.9 Å². The third-order valence-electron chi connectivity index (χ3n) is 3.45. The average Bonchev–Trinajstić information content (AvgIpc) is 2.44. The molecule has 1 heterocycles. The highest BCUT2D eigenvalue weighted by Crippen LogP contribution is 2.26. The quantitative estimate of drug-likeness (QED) is 0.804. The van der Waals surface area contributed by atoms with Crippen LogP contribution >= 0.6 is 0 Å². The van der Waals surface area contributed by atoms with Gasteiger partial charge in [-0.1, -0.05) is 45.0 Å². The number of aromatic nitrogens is 1. The zero-order valence-electron chi connectivity index (χ0n) is 15.3. The molecule has 0 saturated carbocycles. The zero-order valence-corrected chi connectivity index (χ0v) is 15.3. The van der Waals surface area contributed by atoms with Gasteiger partial charge in [-0.2, -0.15) is 0 Å². The number of ether oxygens (including phenoxy) is 1. The minimum Gasteiger partial charge on any atom is -0.444 e. The van der Waals surface area contributed by atoms with Gasteiger partial charge in [0.1, 0.15) is 5.60 Å². The van der Waals surface area contributed by atoms with Crippen LogP contribution in [0.3, 0.4) is 0 Å². The minimum absolute atomic E-state index is 0.117. The molecule has 4 nitrogen and oxygen atoms in total. The molecule has 0 bridgehead atoms. The van der Waals surface area contributed by atoms with Gasteiger partial charge in [0.2, 0.25) is 0 Å². The Kier molecular flexibility index (Phi) is 4.97. The van der Waals surface area contributed by atoms with Gasteiger partial charge in [-0.3, -0.25) is 10.3 Å². The van der Waals surface area contributed by atoms with Crippen LogP contribution in [-0.4, -0.2) is 16.7 Å². The molecule has 0 unspecified atom stereocenters. The Morgan fingerprint density at radius 3 is 2.17 bits per heavy atom. The van der Waals surface area contributed by atoms with E-state index < -0.39 is 11.7 Å². The predicted molar refractivity (Wildman–Crippen MR) is 98.2 cm³/mol. The number of rotatable bonds is 2.